The van der Waals surface area contributed by atoms with Gasteiger partial charge in [0.25, 0.3) is 0 Å². The number of rotatable bonds is 13. The summed E-state index contributed by atoms with van der Waals surface area (Å²) in [7, 11) is -4.37. The van der Waals surface area contributed by atoms with Crippen molar-refractivity contribution in [2.45, 2.75) is 51.6 Å². The molecule has 12 nitrogen and oxygen atoms in total. The van der Waals surface area contributed by atoms with Crippen LogP contribution in [0.1, 0.15) is 26.3 Å². The zero-order valence-corrected chi connectivity index (χ0v) is 29.0. The van der Waals surface area contributed by atoms with Gasteiger partial charge in [0.15, 0.2) is 5.78 Å². The van der Waals surface area contributed by atoms with Gasteiger partial charge >= 0.3 is 19.4 Å². The number of nitrogens with two attached hydrogens (primary N) is 1. The molecule has 17 heteroatoms. The number of aliphatic hydroxyl groups is 1. The van der Waals surface area contributed by atoms with Crippen molar-refractivity contribution in [1.82, 2.24) is 5.09 Å². The fourth-order valence-electron chi connectivity index (χ4n) is 5.32. The van der Waals surface area contributed by atoms with Crippen molar-refractivity contribution in [3.05, 3.63) is 112 Å². The topological polar surface area (TPSA) is 172 Å². The summed E-state index contributed by atoms with van der Waals surface area (Å²) in [5.41, 5.74) is 5.42. The van der Waals surface area contributed by atoms with Crippen LogP contribution in [0.5, 0.6) is 11.5 Å². The number of aliphatic hydroxyl groups excluding tert-OH is 1. The molecule has 0 spiro atoms. The monoisotopic (exact) mass is 749 g/mol. The van der Waals surface area contributed by atoms with E-state index in [0.29, 0.717) is 5.56 Å². The van der Waals surface area contributed by atoms with Gasteiger partial charge < -0.3 is 20.3 Å². The molecule has 4 N–H and O–H groups in total. The Labute approximate surface area is 295 Å². The minimum atomic E-state index is -4.37. The van der Waals surface area contributed by atoms with Crippen molar-refractivity contribution in [2.24, 2.45) is 17.1 Å². The van der Waals surface area contributed by atoms with E-state index in [-0.39, 0.29) is 34.9 Å². The molecular weight excluding hydrogens is 713 g/mol. The van der Waals surface area contributed by atoms with Gasteiger partial charge in [0.1, 0.15) is 35.7 Å². The third kappa shape index (κ3) is 9.13. The Morgan fingerprint density at radius 2 is 1.79 bits per heavy atom. The number of hydrogen-bond donors (Lipinski definition) is 3. The van der Waals surface area contributed by atoms with Crippen LogP contribution >= 0.6 is 7.75 Å². The van der Waals surface area contributed by atoms with Crippen LogP contribution in [0.3, 0.4) is 0 Å². The second-order valence-electron chi connectivity index (χ2n) is 13.4. The van der Waals surface area contributed by atoms with Crippen molar-refractivity contribution in [3.63, 3.8) is 0 Å². The van der Waals surface area contributed by atoms with Crippen LogP contribution in [-0.2, 0) is 29.8 Å². The van der Waals surface area contributed by atoms with Crippen LogP contribution in [0, 0.1) is 33.1 Å². The number of ether oxygens (including phenoxy) is 2. The Kier molecular flexibility index (Phi) is 11.4. The zero-order chi connectivity index (χ0) is 38.0. The van der Waals surface area contributed by atoms with E-state index < -0.39 is 84.6 Å². The number of nitro benzene ring substituents is 1. The first kappa shape index (κ1) is 38.8. The minimum absolute atomic E-state index is 0.0559. The summed E-state index contributed by atoms with van der Waals surface area (Å²) in [6.07, 6.45) is -2.78. The molecule has 0 saturated carbocycles. The second-order valence-corrected chi connectivity index (χ2v) is 15.2. The quantitative estimate of drug-likeness (QED) is 0.0713. The molecule has 1 heterocycles. The number of ketones is 1. The molecule has 1 aliphatic heterocycles. The maximum absolute atomic E-state index is 15.1. The van der Waals surface area contributed by atoms with Crippen LogP contribution in [0.15, 0.2) is 84.6 Å². The average molecular weight is 750 g/mol. The summed E-state index contributed by atoms with van der Waals surface area (Å²) < 4.78 is 94.7. The number of carbonyl (C=O) groups is 1. The Morgan fingerprint density at radius 1 is 1.08 bits per heavy atom. The number of nitrogens with zero attached hydrogens (tertiary/aromatic N) is 1. The Bertz CT molecular complexity index is 1940. The Hall–Kier alpha value is -4.44. The first-order valence-electron chi connectivity index (χ1n) is 15.9. The lowest BCUT2D eigenvalue weighted by molar-refractivity contribution is -0.385. The number of nitro groups is 1. The number of allylic oxidation sites excluding steroid dienone is 2. The molecule has 1 saturated heterocycles. The maximum atomic E-state index is 15.1. The first-order valence-corrected chi connectivity index (χ1v) is 17.4. The molecule has 1 aliphatic carbocycles. The number of nitrogens with one attached hydrogen (secondary N) is 1. The zero-order valence-electron chi connectivity index (χ0n) is 28.1. The summed E-state index contributed by atoms with van der Waals surface area (Å²) in [4.78, 5) is 23.5. The number of alkyl halides is 2. The number of carbonyl (C=O) groups excluding carboxylic acids is 1. The molecule has 0 aromatic heterocycles. The first-order chi connectivity index (χ1) is 24.3. The van der Waals surface area contributed by atoms with E-state index in [9.17, 15) is 29.0 Å². The van der Waals surface area contributed by atoms with E-state index in [2.05, 4.69) is 5.09 Å². The third-order valence-corrected chi connectivity index (χ3v) is 9.57. The number of halogens is 4. The smallest absolute Gasteiger partial charge is 0.405 e. The van der Waals surface area contributed by atoms with Crippen LogP contribution < -0.4 is 15.6 Å². The van der Waals surface area contributed by atoms with Gasteiger partial charge in [-0.25, -0.2) is 27.2 Å². The van der Waals surface area contributed by atoms with Gasteiger partial charge in [-0.2, -0.15) is 0 Å². The van der Waals surface area contributed by atoms with Crippen LogP contribution in [0.2, 0.25) is 0 Å². The largest absolute Gasteiger partial charge is 0.450 e. The highest BCUT2D eigenvalue weighted by molar-refractivity contribution is 7.51. The molecule has 52 heavy (non-hydrogen) atoms. The van der Waals surface area contributed by atoms with Gasteiger partial charge in [-0.3, -0.25) is 24.0 Å². The van der Waals surface area contributed by atoms with E-state index in [4.69, 9.17) is 24.3 Å². The number of benzene rings is 3. The van der Waals surface area contributed by atoms with E-state index in [1.54, 1.807) is 0 Å². The minimum Gasteiger partial charge on any atom is -0.450 e. The third-order valence-electron chi connectivity index (χ3n) is 8.06. The molecular formula is C35H36F4N3O9P. The van der Waals surface area contributed by atoms with Gasteiger partial charge in [0.2, 0.25) is 5.75 Å². The van der Waals surface area contributed by atoms with Crippen molar-refractivity contribution in [2.75, 3.05) is 13.2 Å². The lowest BCUT2D eigenvalue weighted by Gasteiger charge is -2.26. The van der Waals surface area contributed by atoms with E-state index in [1.807, 2.05) is 20.8 Å². The molecule has 5 atom stereocenters. The fraction of sp³-hybridized carbons (Fsp3) is 0.343. The molecule has 278 valence electrons. The SMILES string of the molecule is CC(C)(C)CNP(=O)(OCc1ccc([N+](=O)[O-])c(Oc2ccc(-c3ccc(F)cc3)c(F)c2)c1)OCC1OC(C2C=CC(N)=CC2=O)C(F)(F)C1O. The predicted octanol–water partition coefficient (Wildman–Crippen LogP) is 6.97. The molecule has 3 aromatic rings. The molecule has 0 amide bonds. The molecule has 5 unspecified atom stereocenters. The highest BCUT2D eigenvalue weighted by Gasteiger charge is 2.61. The molecule has 1 fully saturated rings. The second kappa shape index (κ2) is 15.3. The summed E-state index contributed by atoms with van der Waals surface area (Å²) in [6, 6.07) is 12.5. The van der Waals surface area contributed by atoms with Gasteiger partial charge in [-0.1, -0.05) is 39.0 Å². The van der Waals surface area contributed by atoms with E-state index >= 15 is 13.2 Å². The lowest BCUT2D eigenvalue weighted by atomic mass is 9.88. The van der Waals surface area contributed by atoms with Crippen molar-refractivity contribution >= 4 is 19.2 Å². The van der Waals surface area contributed by atoms with E-state index in [0.717, 1.165) is 24.3 Å². The molecule has 0 radical (unpaired) electrons. The van der Waals surface area contributed by atoms with Gasteiger partial charge in [0, 0.05) is 36.0 Å². The summed E-state index contributed by atoms with van der Waals surface area (Å²) in [6.45, 7) is 4.15. The van der Waals surface area contributed by atoms with Crippen molar-refractivity contribution in [3.8, 4) is 22.6 Å². The summed E-state index contributed by atoms with van der Waals surface area (Å²) in [5, 5.41) is 24.9. The lowest BCUT2D eigenvalue weighted by Crippen LogP contribution is -2.45. The highest BCUT2D eigenvalue weighted by Crippen LogP contribution is 2.48. The molecule has 5 rings (SSSR count). The molecule has 3 aromatic carbocycles. The summed E-state index contributed by atoms with van der Waals surface area (Å²) in [5.74, 6) is -7.70. The van der Waals surface area contributed by atoms with Crippen molar-refractivity contribution < 1.29 is 55.5 Å². The summed E-state index contributed by atoms with van der Waals surface area (Å²) >= 11 is 0. The fourth-order valence-corrected chi connectivity index (χ4v) is 6.90. The average Bonchev–Trinajstić information content (AvgIpc) is 3.29. The predicted molar refractivity (Wildman–Crippen MR) is 180 cm³/mol. The van der Waals surface area contributed by atoms with Gasteiger partial charge in [-0.05, 0) is 59.0 Å². The van der Waals surface area contributed by atoms with Gasteiger partial charge in [-0.15, -0.1) is 0 Å². The highest BCUT2D eigenvalue weighted by atomic mass is 31.2. The van der Waals surface area contributed by atoms with E-state index in [1.165, 1.54) is 54.6 Å². The van der Waals surface area contributed by atoms with Crippen LogP contribution in [0.25, 0.3) is 11.1 Å². The number of hydrogen-bond acceptors (Lipinski definition) is 10. The Morgan fingerprint density at radius 3 is 2.42 bits per heavy atom. The van der Waals surface area contributed by atoms with Crippen molar-refractivity contribution in [1.29, 1.82) is 0 Å². The normalized spacial score (nSPS) is 22.5. The van der Waals surface area contributed by atoms with Crippen LogP contribution in [0.4, 0.5) is 23.2 Å². The Balaban J connectivity index is 1.31. The maximum Gasteiger partial charge on any atom is 0.405 e. The molecule has 0 bridgehead atoms. The van der Waals surface area contributed by atoms with Gasteiger partial charge in [0.05, 0.1) is 24.1 Å². The standard InChI is InChI=1S/C35H36F4N3O9P/c1-34(2,3)19-41-52(47,49-18-31-32(44)35(38,39)33(51-31)26-11-9-23(40)15-29(26)43)48-17-20-4-13-28(42(45)46)30(14-20)50-24-10-12-25(27(37)16-24)21-5-7-22(36)8-6-21/h4-16,26,31-33,44H,17-19,40H2,1-3H3,(H,41,47). The van der Waals surface area contributed by atoms with Crippen LogP contribution in [-0.4, -0.2) is 53.2 Å². The molecule has 2 aliphatic rings.